The van der Waals surface area contributed by atoms with Crippen molar-refractivity contribution >= 4 is 5.91 Å². The van der Waals surface area contributed by atoms with Gasteiger partial charge in [-0.2, -0.15) is 0 Å². The van der Waals surface area contributed by atoms with E-state index in [1.165, 1.54) is 5.56 Å². The second-order valence-corrected chi connectivity index (χ2v) is 7.02. The summed E-state index contributed by atoms with van der Waals surface area (Å²) in [7, 11) is 0. The van der Waals surface area contributed by atoms with Gasteiger partial charge in [-0.05, 0) is 18.6 Å². The second-order valence-electron chi connectivity index (χ2n) is 7.02. The third kappa shape index (κ3) is 3.73. The van der Waals surface area contributed by atoms with E-state index in [4.69, 9.17) is 4.74 Å². The molecule has 4 rings (SSSR count). The van der Waals surface area contributed by atoms with E-state index in [2.05, 4.69) is 25.9 Å². The van der Waals surface area contributed by atoms with E-state index in [0.717, 1.165) is 25.3 Å². The average Bonchev–Trinajstić information content (AvgIpc) is 2.96. The number of nitrogens with zero attached hydrogens (tertiary/aromatic N) is 5. The van der Waals surface area contributed by atoms with E-state index < -0.39 is 0 Å². The number of fused-ring (bicyclic) bond motifs is 1. The van der Waals surface area contributed by atoms with Gasteiger partial charge in [0.2, 0.25) is 0 Å². The zero-order valence-electron chi connectivity index (χ0n) is 14.9. The van der Waals surface area contributed by atoms with Crippen LogP contribution < -0.4 is 0 Å². The van der Waals surface area contributed by atoms with Crippen LogP contribution >= 0.6 is 0 Å². The van der Waals surface area contributed by atoms with Gasteiger partial charge in [0, 0.05) is 57.2 Å². The fraction of sp³-hybridized carbons (Fsp3) is 0.474. The van der Waals surface area contributed by atoms with Crippen LogP contribution in [0.2, 0.25) is 0 Å². The van der Waals surface area contributed by atoms with Crippen molar-refractivity contribution in [1.29, 1.82) is 0 Å². The number of carbonyl (C=O) groups excluding carboxylic acids is 1. The molecule has 2 aromatic heterocycles. The first kappa shape index (κ1) is 17.1. The maximum Gasteiger partial charge on any atom is 0.274 e. The lowest BCUT2D eigenvalue weighted by Gasteiger charge is -2.23. The molecule has 0 bridgehead atoms. The molecule has 2 aliphatic heterocycles. The molecule has 0 aromatic carbocycles. The van der Waals surface area contributed by atoms with E-state index in [9.17, 15) is 4.79 Å². The molecule has 0 unspecified atom stereocenters. The van der Waals surface area contributed by atoms with Crippen LogP contribution in [0.3, 0.4) is 0 Å². The molecule has 7 heteroatoms. The molecule has 7 nitrogen and oxygen atoms in total. The predicted molar refractivity (Wildman–Crippen MR) is 95.4 cm³/mol. The van der Waals surface area contributed by atoms with Crippen molar-refractivity contribution in [1.82, 2.24) is 24.8 Å². The topological polar surface area (TPSA) is 71.5 Å². The molecule has 26 heavy (non-hydrogen) atoms. The van der Waals surface area contributed by atoms with Gasteiger partial charge in [-0.15, -0.1) is 0 Å². The van der Waals surface area contributed by atoms with E-state index in [1.54, 1.807) is 18.6 Å². The number of amides is 1. The summed E-state index contributed by atoms with van der Waals surface area (Å²) in [6, 6.07) is 4.06. The highest BCUT2D eigenvalue weighted by atomic mass is 16.5. The smallest absolute Gasteiger partial charge is 0.274 e. The molecule has 0 N–H and O–H groups in total. The monoisotopic (exact) mass is 353 g/mol. The van der Waals surface area contributed by atoms with Crippen LogP contribution in [0.4, 0.5) is 0 Å². The largest absolute Gasteiger partial charge is 0.375 e. The number of hydrogen-bond donors (Lipinski definition) is 0. The maximum atomic E-state index is 12.7. The van der Waals surface area contributed by atoms with Gasteiger partial charge in [0.25, 0.3) is 5.91 Å². The van der Waals surface area contributed by atoms with Gasteiger partial charge in [-0.25, -0.2) is 4.98 Å². The molecule has 0 saturated carbocycles. The summed E-state index contributed by atoms with van der Waals surface area (Å²) < 4.78 is 6.04. The van der Waals surface area contributed by atoms with E-state index >= 15 is 0 Å². The van der Waals surface area contributed by atoms with Crippen molar-refractivity contribution in [2.24, 2.45) is 5.92 Å². The number of rotatable bonds is 3. The summed E-state index contributed by atoms with van der Waals surface area (Å²) in [5, 5.41) is 0. The average molecular weight is 353 g/mol. The molecule has 1 amide bonds. The van der Waals surface area contributed by atoms with Crippen molar-refractivity contribution in [3.8, 4) is 0 Å². The van der Waals surface area contributed by atoms with E-state index in [-0.39, 0.29) is 12.0 Å². The Morgan fingerprint density at radius 3 is 2.92 bits per heavy atom. The van der Waals surface area contributed by atoms with Crippen molar-refractivity contribution in [3.05, 3.63) is 53.9 Å². The predicted octanol–water partition coefficient (Wildman–Crippen LogP) is 1.15. The van der Waals surface area contributed by atoms with Crippen molar-refractivity contribution < 1.29 is 9.53 Å². The highest BCUT2D eigenvalue weighted by Crippen LogP contribution is 2.25. The standard InChI is InChI=1S/C19H23N5O2/c1-14-7-22-17(9-21-14)19(25)24-12-16-11-23(5-6-26-18(16)13-24)10-15-3-2-4-20-8-15/h2-4,7-9,16,18H,5-6,10-13H2,1H3/t16-,18+/m1/s1. The Balaban J connectivity index is 1.41. The van der Waals surface area contributed by atoms with Crippen LogP contribution in [0, 0.1) is 12.8 Å². The van der Waals surface area contributed by atoms with Gasteiger partial charge < -0.3 is 9.64 Å². The van der Waals surface area contributed by atoms with Gasteiger partial charge >= 0.3 is 0 Å². The van der Waals surface area contributed by atoms with Crippen LogP contribution in [0.25, 0.3) is 0 Å². The number of hydrogen-bond acceptors (Lipinski definition) is 6. The van der Waals surface area contributed by atoms with Gasteiger partial charge in [0.15, 0.2) is 0 Å². The Labute approximate surface area is 153 Å². The lowest BCUT2D eigenvalue weighted by atomic mass is 10.1. The van der Waals surface area contributed by atoms with Crippen molar-refractivity contribution in [2.45, 2.75) is 19.6 Å². The fourth-order valence-corrected chi connectivity index (χ4v) is 3.69. The molecular formula is C19H23N5O2. The van der Waals surface area contributed by atoms with Crippen LogP contribution in [0.5, 0.6) is 0 Å². The Morgan fingerprint density at radius 1 is 1.23 bits per heavy atom. The highest BCUT2D eigenvalue weighted by molar-refractivity contribution is 5.92. The molecule has 2 atom stereocenters. The Hall–Kier alpha value is -2.38. The summed E-state index contributed by atoms with van der Waals surface area (Å²) in [4.78, 5) is 29.5. The molecule has 2 aromatic rings. The lowest BCUT2D eigenvalue weighted by molar-refractivity contribution is 0.0482. The maximum absolute atomic E-state index is 12.7. The Morgan fingerprint density at radius 2 is 2.15 bits per heavy atom. The third-order valence-corrected chi connectivity index (χ3v) is 5.03. The number of carbonyl (C=O) groups is 1. The van der Waals surface area contributed by atoms with Crippen LogP contribution in [0.15, 0.2) is 36.9 Å². The van der Waals surface area contributed by atoms with Gasteiger partial charge in [-0.3, -0.25) is 19.7 Å². The fourth-order valence-electron chi connectivity index (χ4n) is 3.69. The van der Waals surface area contributed by atoms with Crippen molar-refractivity contribution in [3.63, 3.8) is 0 Å². The van der Waals surface area contributed by atoms with Gasteiger partial charge in [-0.1, -0.05) is 6.07 Å². The third-order valence-electron chi connectivity index (χ3n) is 5.03. The Kier molecular flexibility index (Phi) is 4.90. The zero-order valence-corrected chi connectivity index (χ0v) is 14.9. The first-order valence-corrected chi connectivity index (χ1v) is 9.00. The molecule has 4 heterocycles. The van der Waals surface area contributed by atoms with E-state index in [1.807, 2.05) is 24.1 Å². The molecule has 2 saturated heterocycles. The van der Waals surface area contributed by atoms with Crippen molar-refractivity contribution in [2.75, 3.05) is 32.8 Å². The minimum Gasteiger partial charge on any atom is -0.375 e. The number of aromatic nitrogens is 3. The molecule has 2 fully saturated rings. The summed E-state index contributed by atoms with van der Waals surface area (Å²) >= 11 is 0. The normalized spacial score (nSPS) is 23.5. The van der Waals surface area contributed by atoms with Crippen LogP contribution in [-0.4, -0.2) is 69.5 Å². The Bertz CT molecular complexity index is 752. The molecular weight excluding hydrogens is 330 g/mol. The summed E-state index contributed by atoms with van der Waals surface area (Å²) in [5.74, 6) is 0.254. The molecule has 0 aliphatic carbocycles. The molecule has 2 aliphatic rings. The zero-order chi connectivity index (χ0) is 17.9. The van der Waals surface area contributed by atoms with Crippen LogP contribution in [-0.2, 0) is 11.3 Å². The quantitative estimate of drug-likeness (QED) is 0.824. The summed E-state index contributed by atoms with van der Waals surface area (Å²) in [5.41, 5.74) is 2.41. The van der Waals surface area contributed by atoms with Gasteiger partial charge in [0.05, 0.1) is 24.6 Å². The SMILES string of the molecule is Cc1cnc(C(=O)N2C[C@H]3CN(Cc4cccnc4)CCO[C@H]3C2)cn1. The van der Waals surface area contributed by atoms with Crippen LogP contribution in [0.1, 0.15) is 21.7 Å². The number of ether oxygens (including phenoxy) is 1. The number of pyridine rings is 1. The van der Waals surface area contributed by atoms with Gasteiger partial charge in [0.1, 0.15) is 5.69 Å². The molecule has 136 valence electrons. The lowest BCUT2D eigenvalue weighted by Crippen LogP contribution is -2.34. The number of likely N-dealkylation sites (tertiary alicyclic amines) is 1. The molecule has 0 spiro atoms. The van der Waals surface area contributed by atoms with E-state index in [0.29, 0.717) is 31.3 Å². The highest BCUT2D eigenvalue weighted by Gasteiger charge is 2.39. The summed E-state index contributed by atoms with van der Waals surface area (Å²) in [6.07, 6.45) is 6.98. The summed E-state index contributed by atoms with van der Waals surface area (Å²) in [6.45, 7) is 6.55. The number of aryl methyl sites for hydroxylation is 1. The minimum absolute atomic E-state index is 0.0621. The second kappa shape index (κ2) is 7.47. The first-order valence-electron chi connectivity index (χ1n) is 9.00. The minimum atomic E-state index is -0.0621. The molecule has 0 radical (unpaired) electrons. The first-order chi connectivity index (χ1) is 12.7.